The number of carbonyl (C=O) groups excluding carboxylic acids is 2. The molecule has 0 unspecified atom stereocenters. The molecule has 0 aromatic carbocycles. The molecule has 25 heavy (non-hydrogen) atoms. The van der Waals surface area contributed by atoms with Crippen molar-refractivity contribution in [2.45, 2.75) is 66.0 Å². The molecule has 2 amide bonds. The lowest BCUT2D eigenvalue weighted by atomic mass is 10.0. The standard InChI is InChI=1S/C20H32N2O3/c1-8-17-15(4)11-12-22(17)18(23)10-9-16(13-14(2)3)21-19(24)25-20(5,6)7/h8-10,14,16H,1,11-13H2,2-7H3,(H,21,24)/b10-9+/t16-/m1/s1. The van der Waals surface area contributed by atoms with Crippen molar-refractivity contribution in [3.8, 4) is 0 Å². The summed E-state index contributed by atoms with van der Waals surface area (Å²) in [5, 5.41) is 2.83. The maximum atomic E-state index is 12.5. The minimum Gasteiger partial charge on any atom is -0.444 e. The Hall–Kier alpha value is -2.04. The summed E-state index contributed by atoms with van der Waals surface area (Å²) in [6.45, 7) is 16.1. The molecule has 1 N–H and O–H groups in total. The second kappa shape index (κ2) is 8.88. The number of hydrogen-bond donors (Lipinski definition) is 1. The molecule has 0 saturated heterocycles. The number of rotatable bonds is 6. The second-order valence-corrected chi connectivity index (χ2v) is 7.85. The molecule has 5 nitrogen and oxygen atoms in total. The van der Waals surface area contributed by atoms with E-state index in [0.717, 1.165) is 18.5 Å². The molecule has 0 spiro atoms. The van der Waals surface area contributed by atoms with Gasteiger partial charge in [0.15, 0.2) is 0 Å². The first-order chi connectivity index (χ1) is 11.5. The van der Waals surface area contributed by atoms with E-state index in [9.17, 15) is 9.59 Å². The van der Waals surface area contributed by atoms with Crippen LogP contribution in [0.3, 0.4) is 0 Å². The molecule has 1 rings (SSSR count). The predicted molar refractivity (Wildman–Crippen MR) is 101 cm³/mol. The van der Waals surface area contributed by atoms with Gasteiger partial charge in [-0.1, -0.05) is 26.5 Å². The number of ether oxygens (including phenoxy) is 1. The van der Waals surface area contributed by atoms with Crippen LogP contribution in [0.15, 0.2) is 36.1 Å². The molecule has 0 fully saturated rings. The average Bonchev–Trinajstić information content (AvgIpc) is 2.82. The van der Waals surface area contributed by atoms with Gasteiger partial charge in [-0.25, -0.2) is 4.79 Å². The SMILES string of the molecule is C=CC1=C(C)CCN1C(=O)/C=C/[C@H](CC(C)C)NC(=O)OC(C)(C)C. The van der Waals surface area contributed by atoms with Gasteiger partial charge in [-0.15, -0.1) is 0 Å². The number of nitrogens with zero attached hydrogens (tertiary/aromatic N) is 1. The van der Waals surface area contributed by atoms with Crippen LogP contribution in [-0.2, 0) is 9.53 Å². The van der Waals surface area contributed by atoms with E-state index in [0.29, 0.717) is 12.5 Å². The number of allylic oxidation sites excluding steroid dienone is 1. The summed E-state index contributed by atoms with van der Waals surface area (Å²) in [6, 6.07) is -0.251. The lowest BCUT2D eigenvalue weighted by Gasteiger charge is -2.23. The molecule has 1 aliphatic rings. The van der Waals surface area contributed by atoms with Gasteiger partial charge in [-0.2, -0.15) is 0 Å². The van der Waals surface area contributed by atoms with Crippen molar-refractivity contribution in [1.29, 1.82) is 0 Å². The zero-order valence-corrected chi connectivity index (χ0v) is 16.4. The zero-order chi connectivity index (χ0) is 19.2. The molecule has 0 aromatic rings. The molecule has 1 atom stereocenters. The fourth-order valence-corrected chi connectivity index (χ4v) is 2.71. The van der Waals surface area contributed by atoms with E-state index in [-0.39, 0.29) is 11.9 Å². The molecule has 0 radical (unpaired) electrons. The molecule has 5 heteroatoms. The minimum absolute atomic E-state index is 0.0912. The highest BCUT2D eigenvalue weighted by atomic mass is 16.6. The molecule has 140 valence electrons. The Morgan fingerprint density at radius 2 is 2.00 bits per heavy atom. The van der Waals surface area contributed by atoms with Crippen LogP contribution in [0.5, 0.6) is 0 Å². The van der Waals surface area contributed by atoms with E-state index >= 15 is 0 Å². The van der Waals surface area contributed by atoms with Gasteiger partial charge in [0.25, 0.3) is 5.91 Å². The number of amides is 2. The smallest absolute Gasteiger partial charge is 0.408 e. The highest BCUT2D eigenvalue weighted by Crippen LogP contribution is 2.23. The van der Waals surface area contributed by atoms with Crippen LogP contribution in [0.4, 0.5) is 4.79 Å². The Morgan fingerprint density at radius 1 is 1.36 bits per heavy atom. The van der Waals surface area contributed by atoms with Gasteiger partial charge in [-0.3, -0.25) is 4.79 Å². The summed E-state index contributed by atoms with van der Waals surface area (Å²) >= 11 is 0. The topological polar surface area (TPSA) is 58.6 Å². The van der Waals surface area contributed by atoms with Crippen LogP contribution < -0.4 is 5.32 Å². The summed E-state index contributed by atoms with van der Waals surface area (Å²) in [4.78, 5) is 26.2. The lowest BCUT2D eigenvalue weighted by Crippen LogP contribution is -2.39. The maximum absolute atomic E-state index is 12.5. The largest absolute Gasteiger partial charge is 0.444 e. The van der Waals surface area contributed by atoms with E-state index < -0.39 is 11.7 Å². The normalized spacial score (nSPS) is 16.5. The second-order valence-electron chi connectivity index (χ2n) is 7.85. The van der Waals surface area contributed by atoms with Crippen LogP contribution in [0, 0.1) is 5.92 Å². The Labute approximate surface area is 151 Å². The molecule has 0 saturated carbocycles. The fourth-order valence-electron chi connectivity index (χ4n) is 2.71. The van der Waals surface area contributed by atoms with Crippen LogP contribution in [0.25, 0.3) is 0 Å². The van der Waals surface area contributed by atoms with E-state index in [4.69, 9.17) is 4.74 Å². The highest BCUT2D eigenvalue weighted by Gasteiger charge is 2.23. The third-order valence-electron chi connectivity index (χ3n) is 3.80. The molecule has 0 bridgehead atoms. The highest BCUT2D eigenvalue weighted by molar-refractivity contribution is 5.90. The van der Waals surface area contributed by atoms with Gasteiger partial charge in [0, 0.05) is 18.3 Å². The molecule has 0 aliphatic carbocycles. The van der Waals surface area contributed by atoms with Gasteiger partial charge in [0.2, 0.25) is 0 Å². The number of carbonyl (C=O) groups is 2. The van der Waals surface area contributed by atoms with Gasteiger partial charge in [0.1, 0.15) is 5.60 Å². The third kappa shape index (κ3) is 7.16. The summed E-state index contributed by atoms with van der Waals surface area (Å²) < 4.78 is 5.30. The summed E-state index contributed by atoms with van der Waals surface area (Å²) in [6.07, 6.45) is 6.13. The summed E-state index contributed by atoms with van der Waals surface area (Å²) in [7, 11) is 0. The van der Waals surface area contributed by atoms with Gasteiger partial charge in [0.05, 0.1) is 6.04 Å². The van der Waals surface area contributed by atoms with Crippen molar-refractivity contribution in [3.63, 3.8) is 0 Å². The third-order valence-corrected chi connectivity index (χ3v) is 3.80. The van der Waals surface area contributed by atoms with Crippen LogP contribution >= 0.6 is 0 Å². The predicted octanol–water partition coefficient (Wildman–Crippen LogP) is 4.17. The maximum Gasteiger partial charge on any atom is 0.408 e. The number of alkyl carbamates (subject to hydrolysis) is 1. The first-order valence-electron chi connectivity index (χ1n) is 8.85. The molecule has 0 aromatic heterocycles. The minimum atomic E-state index is -0.553. The van der Waals surface area contributed by atoms with Crippen molar-refractivity contribution < 1.29 is 14.3 Å². The first kappa shape index (κ1) is 21.0. The van der Waals surface area contributed by atoms with Crippen molar-refractivity contribution in [1.82, 2.24) is 10.2 Å². The van der Waals surface area contributed by atoms with E-state index in [1.807, 2.05) is 27.7 Å². The molecular weight excluding hydrogens is 316 g/mol. The quantitative estimate of drug-likeness (QED) is 0.733. The van der Waals surface area contributed by atoms with Gasteiger partial charge in [-0.05, 0) is 58.1 Å². The van der Waals surface area contributed by atoms with Crippen molar-refractivity contribution in [3.05, 3.63) is 36.1 Å². The lowest BCUT2D eigenvalue weighted by molar-refractivity contribution is -0.123. The molecule has 1 heterocycles. The van der Waals surface area contributed by atoms with Crippen molar-refractivity contribution >= 4 is 12.0 Å². The van der Waals surface area contributed by atoms with Gasteiger partial charge < -0.3 is 15.0 Å². The van der Waals surface area contributed by atoms with Crippen LogP contribution in [0.1, 0.15) is 54.4 Å². The fraction of sp³-hybridized carbons (Fsp3) is 0.600. The van der Waals surface area contributed by atoms with Crippen molar-refractivity contribution in [2.24, 2.45) is 5.92 Å². The summed E-state index contributed by atoms with van der Waals surface area (Å²) in [5.41, 5.74) is 1.50. The number of nitrogens with one attached hydrogen (secondary N) is 1. The Kier molecular flexibility index (Phi) is 7.46. The average molecular weight is 348 g/mol. The molecular formula is C20H32N2O3. The van der Waals surface area contributed by atoms with E-state index in [2.05, 4.69) is 25.7 Å². The van der Waals surface area contributed by atoms with Crippen LogP contribution in [-0.4, -0.2) is 35.1 Å². The number of hydrogen-bond acceptors (Lipinski definition) is 3. The van der Waals surface area contributed by atoms with Crippen molar-refractivity contribution in [2.75, 3.05) is 6.54 Å². The first-order valence-corrected chi connectivity index (χ1v) is 8.85. The summed E-state index contributed by atoms with van der Waals surface area (Å²) in [5.74, 6) is 0.281. The Morgan fingerprint density at radius 3 is 2.52 bits per heavy atom. The van der Waals surface area contributed by atoms with E-state index in [1.165, 1.54) is 11.6 Å². The monoisotopic (exact) mass is 348 g/mol. The molecule has 1 aliphatic heterocycles. The van der Waals surface area contributed by atoms with Gasteiger partial charge >= 0.3 is 6.09 Å². The van der Waals surface area contributed by atoms with Crippen LogP contribution in [0.2, 0.25) is 0 Å². The zero-order valence-electron chi connectivity index (χ0n) is 16.4. The Balaban J connectivity index is 2.77. The Bertz CT molecular complexity index is 568. The van der Waals surface area contributed by atoms with E-state index in [1.54, 1.807) is 17.1 Å².